The number of rotatable bonds is 2. The van der Waals surface area contributed by atoms with Gasteiger partial charge < -0.3 is 0 Å². The zero-order chi connectivity index (χ0) is 10.3. The first-order valence-corrected chi connectivity index (χ1v) is 5.50. The fraction of sp³-hybridized carbons (Fsp3) is 0.727. The summed E-state index contributed by atoms with van der Waals surface area (Å²) in [6, 6.07) is 0.543. The number of nitrogens with zero attached hydrogens (tertiary/aromatic N) is 2. The minimum absolute atomic E-state index is 0.543. The van der Waals surface area contributed by atoms with Gasteiger partial charge in [-0.1, -0.05) is 13.8 Å². The maximum Gasteiger partial charge on any atom is 0.298 e. The summed E-state index contributed by atoms with van der Waals surface area (Å²) in [6.45, 7) is 11.1. The van der Waals surface area contributed by atoms with Crippen LogP contribution < -0.4 is 10.00 Å². The van der Waals surface area contributed by atoms with Gasteiger partial charge in [0.15, 0.2) is 0 Å². The molecule has 0 atom stereocenters. The van der Waals surface area contributed by atoms with E-state index in [2.05, 4.69) is 48.6 Å². The van der Waals surface area contributed by atoms with Crippen LogP contribution in [-0.2, 0) is 6.54 Å². The van der Waals surface area contributed by atoms with Crippen molar-refractivity contribution >= 4 is 5.82 Å². The highest BCUT2D eigenvalue weighted by Crippen LogP contribution is 2.24. The van der Waals surface area contributed by atoms with Gasteiger partial charge in [0.2, 0.25) is 0 Å². The second-order valence-corrected chi connectivity index (χ2v) is 4.61. The zero-order valence-corrected chi connectivity index (χ0v) is 9.54. The Kier molecular flexibility index (Phi) is 2.25. The van der Waals surface area contributed by atoms with Crippen LogP contribution in [0.2, 0.25) is 0 Å². The molecule has 0 saturated heterocycles. The van der Waals surface area contributed by atoms with Crippen molar-refractivity contribution in [2.45, 2.75) is 46.2 Å². The lowest BCUT2D eigenvalue weighted by atomic mass is 10.1. The van der Waals surface area contributed by atoms with E-state index >= 15 is 0 Å². The fourth-order valence-corrected chi connectivity index (χ4v) is 2.09. The number of hydrogen-bond acceptors (Lipinski definition) is 1. The summed E-state index contributed by atoms with van der Waals surface area (Å²) in [7, 11) is 0. The third kappa shape index (κ3) is 1.31. The molecule has 0 aromatic carbocycles. The monoisotopic (exact) mass is 194 g/mol. The van der Waals surface area contributed by atoms with Gasteiger partial charge >= 0.3 is 0 Å². The minimum atomic E-state index is 0.543. The quantitative estimate of drug-likeness (QED) is 0.713. The van der Waals surface area contributed by atoms with Crippen molar-refractivity contribution in [3.8, 4) is 0 Å². The Hall–Kier alpha value is -0.990. The number of hydrogen-bond donors (Lipinski definition) is 1. The van der Waals surface area contributed by atoms with Gasteiger partial charge in [0.25, 0.3) is 5.82 Å². The Labute approximate surface area is 85.7 Å². The highest BCUT2D eigenvalue weighted by atomic mass is 15.5. The Bertz CT molecular complexity index is 306. The molecule has 2 heterocycles. The van der Waals surface area contributed by atoms with Crippen LogP contribution in [0.3, 0.4) is 0 Å². The summed E-state index contributed by atoms with van der Waals surface area (Å²) >= 11 is 0. The Morgan fingerprint density at radius 2 is 2.07 bits per heavy atom. The molecule has 1 aliphatic heterocycles. The molecule has 3 nitrogen and oxygen atoms in total. The van der Waals surface area contributed by atoms with E-state index in [0.29, 0.717) is 12.0 Å². The van der Waals surface area contributed by atoms with Gasteiger partial charge in [-0.15, -0.1) is 0 Å². The normalized spacial score (nSPS) is 15.0. The lowest BCUT2D eigenvalue weighted by Crippen LogP contribution is -2.41. The Morgan fingerprint density at radius 3 is 2.64 bits per heavy atom. The second kappa shape index (κ2) is 3.30. The van der Waals surface area contributed by atoms with Gasteiger partial charge in [-0.25, -0.2) is 4.68 Å². The first-order valence-electron chi connectivity index (χ1n) is 5.50. The SMILES string of the molecule is CC(C)c1cn(C(C)C)[n+]2c1NCC2. The van der Waals surface area contributed by atoms with Gasteiger partial charge in [0.05, 0.1) is 17.8 Å². The summed E-state index contributed by atoms with van der Waals surface area (Å²) in [5, 5.41) is 3.47. The highest BCUT2D eigenvalue weighted by Gasteiger charge is 2.29. The van der Waals surface area contributed by atoms with Crippen LogP contribution in [0.5, 0.6) is 0 Å². The van der Waals surface area contributed by atoms with E-state index in [9.17, 15) is 0 Å². The summed E-state index contributed by atoms with van der Waals surface area (Å²) in [5.41, 5.74) is 1.44. The van der Waals surface area contributed by atoms with Crippen molar-refractivity contribution < 1.29 is 4.68 Å². The average Bonchev–Trinajstić information content (AvgIpc) is 2.59. The molecule has 1 aromatic heterocycles. The molecule has 0 saturated carbocycles. The molecule has 0 radical (unpaired) electrons. The maximum absolute atomic E-state index is 3.47. The van der Waals surface area contributed by atoms with Crippen molar-refractivity contribution in [3.05, 3.63) is 11.8 Å². The molecule has 0 fully saturated rings. The van der Waals surface area contributed by atoms with Crippen molar-refractivity contribution in [2.75, 3.05) is 11.9 Å². The first kappa shape index (κ1) is 9.56. The third-order valence-electron chi connectivity index (χ3n) is 2.85. The summed E-state index contributed by atoms with van der Waals surface area (Å²) in [6.07, 6.45) is 2.29. The van der Waals surface area contributed by atoms with E-state index in [1.807, 2.05) is 0 Å². The summed E-state index contributed by atoms with van der Waals surface area (Å²) < 4.78 is 4.70. The largest absolute Gasteiger partial charge is 0.298 e. The van der Waals surface area contributed by atoms with Crippen LogP contribution >= 0.6 is 0 Å². The number of anilines is 1. The maximum atomic E-state index is 3.47. The Morgan fingerprint density at radius 1 is 1.36 bits per heavy atom. The van der Waals surface area contributed by atoms with E-state index in [1.54, 1.807) is 0 Å². The predicted molar refractivity (Wildman–Crippen MR) is 57.6 cm³/mol. The molecular weight excluding hydrogens is 174 g/mol. The lowest BCUT2D eigenvalue weighted by Gasteiger charge is -2.06. The van der Waals surface area contributed by atoms with Gasteiger partial charge in [0.1, 0.15) is 13.1 Å². The molecule has 2 rings (SSSR count). The van der Waals surface area contributed by atoms with E-state index in [1.165, 1.54) is 11.4 Å². The minimum Gasteiger partial charge on any atom is -0.268 e. The molecule has 0 unspecified atom stereocenters. The number of fused-ring (bicyclic) bond motifs is 1. The van der Waals surface area contributed by atoms with E-state index in [4.69, 9.17) is 0 Å². The van der Waals surface area contributed by atoms with Crippen LogP contribution in [0.15, 0.2) is 6.20 Å². The first-order chi connectivity index (χ1) is 6.61. The lowest BCUT2D eigenvalue weighted by molar-refractivity contribution is -0.754. The summed E-state index contributed by atoms with van der Waals surface area (Å²) in [4.78, 5) is 0. The van der Waals surface area contributed by atoms with E-state index < -0.39 is 0 Å². The molecule has 0 amide bonds. The molecule has 1 N–H and O–H groups in total. The van der Waals surface area contributed by atoms with Crippen molar-refractivity contribution in [1.29, 1.82) is 0 Å². The molecular formula is C11H20N3+. The third-order valence-corrected chi connectivity index (χ3v) is 2.85. The van der Waals surface area contributed by atoms with Crippen LogP contribution in [0.4, 0.5) is 5.82 Å². The smallest absolute Gasteiger partial charge is 0.268 e. The van der Waals surface area contributed by atoms with E-state index in [0.717, 1.165) is 13.1 Å². The zero-order valence-electron chi connectivity index (χ0n) is 9.54. The van der Waals surface area contributed by atoms with Crippen molar-refractivity contribution in [3.63, 3.8) is 0 Å². The molecule has 14 heavy (non-hydrogen) atoms. The van der Waals surface area contributed by atoms with Crippen molar-refractivity contribution in [1.82, 2.24) is 4.68 Å². The topological polar surface area (TPSA) is 20.8 Å². The predicted octanol–water partition coefficient (Wildman–Crippen LogP) is 1.91. The standard InChI is InChI=1S/C11H19N3/c1-8(2)10-7-14(9(3)4)13-6-5-12-11(10)13/h7-9H,5-6H2,1-4H3/p+1. The molecule has 0 aliphatic carbocycles. The second-order valence-electron chi connectivity index (χ2n) is 4.61. The molecule has 3 heteroatoms. The van der Waals surface area contributed by atoms with Gasteiger partial charge in [0, 0.05) is 0 Å². The number of aromatic nitrogens is 2. The highest BCUT2D eigenvalue weighted by molar-refractivity contribution is 5.41. The van der Waals surface area contributed by atoms with Gasteiger partial charge in [-0.3, -0.25) is 5.32 Å². The average molecular weight is 194 g/mol. The van der Waals surface area contributed by atoms with Crippen LogP contribution in [0.25, 0.3) is 0 Å². The molecule has 78 valence electrons. The number of nitrogens with one attached hydrogen (secondary N) is 1. The van der Waals surface area contributed by atoms with Gasteiger partial charge in [-0.2, -0.15) is 4.68 Å². The van der Waals surface area contributed by atoms with E-state index in [-0.39, 0.29) is 0 Å². The molecule has 0 bridgehead atoms. The van der Waals surface area contributed by atoms with Crippen molar-refractivity contribution in [2.24, 2.45) is 0 Å². The van der Waals surface area contributed by atoms with Crippen LogP contribution in [-0.4, -0.2) is 11.2 Å². The molecule has 1 aromatic rings. The van der Waals surface area contributed by atoms with Crippen LogP contribution in [0.1, 0.15) is 45.2 Å². The fourth-order valence-electron chi connectivity index (χ4n) is 2.09. The molecule has 1 aliphatic rings. The summed E-state index contributed by atoms with van der Waals surface area (Å²) in [5.74, 6) is 1.93. The Balaban J connectivity index is 2.49. The molecule has 0 spiro atoms. The van der Waals surface area contributed by atoms with Crippen LogP contribution in [0, 0.1) is 0 Å². The van der Waals surface area contributed by atoms with Gasteiger partial charge in [-0.05, 0) is 19.8 Å².